The van der Waals surface area contributed by atoms with Crippen LogP contribution in [0, 0.1) is 12.3 Å². The molecule has 0 aromatic carbocycles. The molecule has 1 aliphatic rings. The third-order valence-electron chi connectivity index (χ3n) is 3.70. The van der Waals surface area contributed by atoms with Gasteiger partial charge in [-0.3, -0.25) is 9.78 Å². The van der Waals surface area contributed by atoms with Gasteiger partial charge in [-0.25, -0.2) is 0 Å². The lowest BCUT2D eigenvalue weighted by Gasteiger charge is -2.28. The summed E-state index contributed by atoms with van der Waals surface area (Å²) < 4.78 is 39.5. The minimum Gasteiger partial charge on any atom is -0.481 e. The molecule has 0 radical (unpaired) electrons. The van der Waals surface area contributed by atoms with Gasteiger partial charge in [0, 0.05) is 18.3 Å². The molecule has 19 heavy (non-hydrogen) atoms. The fraction of sp³-hybridized carbons (Fsp3) is 0.538. The Labute approximate surface area is 108 Å². The van der Waals surface area contributed by atoms with Crippen molar-refractivity contribution in [2.45, 2.75) is 38.3 Å². The number of carboxylic acid groups (broad SMARTS) is 1. The van der Waals surface area contributed by atoms with E-state index in [1.54, 1.807) is 13.0 Å². The fourth-order valence-corrected chi connectivity index (χ4v) is 2.54. The minimum atomic E-state index is -4.38. The molecule has 1 aromatic heterocycles. The number of halogens is 3. The molecule has 1 atom stereocenters. The second kappa shape index (κ2) is 4.51. The van der Waals surface area contributed by atoms with E-state index in [0.717, 1.165) is 5.56 Å². The van der Waals surface area contributed by atoms with Gasteiger partial charge in [0.05, 0.1) is 11.8 Å². The fourth-order valence-electron chi connectivity index (χ4n) is 2.54. The Hall–Kier alpha value is -1.59. The van der Waals surface area contributed by atoms with Crippen LogP contribution in [-0.2, 0) is 4.79 Å². The van der Waals surface area contributed by atoms with E-state index < -0.39 is 29.9 Å². The number of carbonyl (C=O) groups is 1. The third kappa shape index (κ3) is 2.57. The van der Waals surface area contributed by atoms with Crippen molar-refractivity contribution in [1.82, 2.24) is 4.98 Å². The Morgan fingerprint density at radius 2 is 2.11 bits per heavy atom. The minimum absolute atomic E-state index is 0.0115. The molecule has 0 aliphatic heterocycles. The number of aromatic nitrogens is 1. The molecule has 6 heteroatoms. The van der Waals surface area contributed by atoms with Crippen molar-refractivity contribution < 1.29 is 23.1 Å². The Morgan fingerprint density at radius 1 is 1.47 bits per heavy atom. The summed E-state index contributed by atoms with van der Waals surface area (Å²) in [5, 5.41) is 8.88. The van der Waals surface area contributed by atoms with Gasteiger partial charge in [0.15, 0.2) is 0 Å². The lowest BCUT2D eigenvalue weighted by Crippen LogP contribution is -2.32. The van der Waals surface area contributed by atoms with Crippen molar-refractivity contribution >= 4 is 5.97 Å². The number of pyridine rings is 1. The van der Waals surface area contributed by atoms with Crippen molar-refractivity contribution in [1.29, 1.82) is 0 Å². The van der Waals surface area contributed by atoms with E-state index in [9.17, 15) is 18.0 Å². The smallest absolute Gasteiger partial charge is 0.395 e. The largest absolute Gasteiger partial charge is 0.481 e. The first-order valence-corrected chi connectivity index (χ1v) is 5.96. The first kappa shape index (κ1) is 13.8. The highest BCUT2D eigenvalue weighted by atomic mass is 19.4. The Balaban J connectivity index is 2.40. The molecule has 3 nitrogen and oxygen atoms in total. The normalized spacial score (nSPS) is 18.9. The molecule has 1 aromatic rings. The van der Waals surface area contributed by atoms with Gasteiger partial charge >= 0.3 is 12.1 Å². The molecule has 0 spiro atoms. The standard InChI is InChI=1S/C13H14F3NO2/c1-8-4-9(7-17-6-8)10(5-11(18)19)12(2-3-12)13(14,15)16/h4,6-7,10H,2-3,5H2,1H3,(H,18,19)/t10-/m1/s1. The summed E-state index contributed by atoms with van der Waals surface area (Å²) >= 11 is 0. The lowest BCUT2D eigenvalue weighted by molar-refractivity contribution is -0.195. The monoisotopic (exact) mass is 273 g/mol. The van der Waals surface area contributed by atoms with Crippen molar-refractivity contribution in [3.8, 4) is 0 Å². The van der Waals surface area contributed by atoms with Crippen LogP contribution in [0.4, 0.5) is 13.2 Å². The number of nitrogens with zero attached hydrogens (tertiary/aromatic N) is 1. The summed E-state index contributed by atoms with van der Waals surface area (Å²) in [6.45, 7) is 1.72. The van der Waals surface area contributed by atoms with Gasteiger partial charge in [0.25, 0.3) is 0 Å². The first-order valence-electron chi connectivity index (χ1n) is 5.96. The van der Waals surface area contributed by atoms with Crippen LogP contribution in [0.15, 0.2) is 18.5 Å². The third-order valence-corrected chi connectivity index (χ3v) is 3.70. The second-order valence-corrected chi connectivity index (χ2v) is 5.10. The number of aryl methyl sites for hydroxylation is 1. The molecule has 1 aliphatic carbocycles. The molecule has 0 unspecified atom stereocenters. The first-order chi connectivity index (χ1) is 8.76. The number of rotatable bonds is 4. The molecule has 0 bridgehead atoms. The summed E-state index contributed by atoms with van der Waals surface area (Å²) in [4.78, 5) is 14.8. The van der Waals surface area contributed by atoms with E-state index >= 15 is 0 Å². The van der Waals surface area contributed by atoms with E-state index in [0.29, 0.717) is 5.56 Å². The SMILES string of the molecule is Cc1cncc([C@@H](CC(=O)O)C2(C(F)(F)F)CC2)c1. The van der Waals surface area contributed by atoms with E-state index in [1.165, 1.54) is 12.4 Å². The maximum absolute atomic E-state index is 13.2. The highest BCUT2D eigenvalue weighted by Gasteiger charge is 2.67. The van der Waals surface area contributed by atoms with Crippen LogP contribution in [0.2, 0.25) is 0 Å². The predicted octanol–water partition coefficient (Wildman–Crippen LogP) is 3.29. The van der Waals surface area contributed by atoms with Crippen molar-refractivity contribution in [3.05, 3.63) is 29.6 Å². The topological polar surface area (TPSA) is 50.2 Å². The molecule has 1 heterocycles. The van der Waals surface area contributed by atoms with Gasteiger partial charge in [-0.15, -0.1) is 0 Å². The highest BCUT2D eigenvalue weighted by molar-refractivity contribution is 5.68. The second-order valence-electron chi connectivity index (χ2n) is 5.10. The molecule has 1 saturated carbocycles. The van der Waals surface area contributed by atoms with Crippen LogP contribution in [0.25, 0.3) is 0 Å². The zero-order valence-corrected chi connectivity index (χ0v) is 10.4. The maximum atomic E-state index is 13.2. The molecule has 0 amide bonds. The number of aliphatic carboxylic acids is 1. The Morgan fingerprint density at radius 3 is 2.53 bits per heavy atom. The molecule has 104 valence electrons. The molecule has 1 N–H and O–H groups in total. The Bertz CT molecular complexity index is 495. The van der Waals surface area contributed by atoms with Gasteiger partial charge in [-0.05, 0) is 30.9 Å². The zero-order chi connectivity index (χ0) is 14.3. The van der Waals surface area contributed by atoms with Gasteiger partial charge < -0.3 is 5.11 Å². The van der Waals surface area contributed by atoms with Crippen molar-refractivity contribution in [2.24, 2.45) is 5.41 Å². The molecular formula is C13H14F3NO2. The van der Waals surface area contributed by atoms with Gasteiger partial charge in [0.2, 0.25) is 0 Å². The van der Waals surface area contributed by atoms with Gasteiger partial charge in [-0.2, -0.15) is 13.2 Å². The molecule has 1 fully saturated rings. The van der Waals surface area contributed by atoms with E-state index in [1.807, 2.05) is 0 Å². The maximum Gasteiger partial charge on any atom is 0.395 e. The number of carboxylic acids is 1. The van der Waals surface area contributed by atoms with Gasteiger partial charge in [-0.1, -0.05) is 6.07 Å². The van der Waals surface area contributed by atoms with Gasteiger partial charge in [0.1, 0.15) is 0 Å². The van der Waals surface area contributed by atoms with Crippen LogP contribution in [0.5, 0.6) is 0 Å². The van der Waals surface area contributed by atoms with E-state index in [4.69, 9.17) is 5.11 Å². The highest BCUT2D eigenvalue weighted by Crippen LogP contribution is 2.66. The summed E-state index contributed by atoms with van der Waals surface area (Å²) in [6, 6.07) is 1.59. The molecule has 0 saturated heterocycles. The van der Waals surface area contributed by atoms with Crippen LogP contribution >= 0.6 is 0 Å². The molecular weight excluding hydrogens is 259 g/mol. The summed E-state index contributed by atoms with van der Waals surface area (Å²) in [5.41, 5.74) is -0.802. The van der Waals surface area contributed by atoms with Crippen LogP contribution < -0.4 is 0 Å². The number of alkyl halides is 3. The summed E-state index contributed by atoms with van der Waals surface area (Å²) in [6.07, 6.45) is -2.05. The van der Waals surface area contributed by atoms with E-state index in [2.05, 4.69) is 4.98 Å². The Kier molecular flexibility index (Phi) is 3.28. The van der Waals surface area contributed by atoms with Crippen LogP contribution in [0.1, 0.15) is 36.3 Å². The zero-order valence-electron chi connectivity index (χ0n) is 10.4. The van der Waals surface area contributed by atoms with Crippen molar-refractivity contribution in [3.63, 3.8) is 0 Å². The summed E-state index contributed by atoms with van der Waals surface area (Å²) in [7, 11) is 0. The van der Waals surface area contributed by atoms with Crippen LogP contribution in [0.3, 0.4) is 0 Å². The number of hydrogen-bond acceptors (Lipinski definition) is 2. The quantitative estimate of drug-likeness (QED) is 0.915. The lowest BCUT2D eigenvalue weighted by atomic mass is 9.80. The number of hydrogen-bond donors (Lipinski definition) is 1. The average Bonchev–Trinajstić information content (AvgIpc) is 3.05. The summed E-state index contributed by atoms with van der Waals surface area (Å²) in [5.74, 6) is -2.28. The molecule has 2 rings (SSSR count). The average molecular weight is 273 g/mol. The van der Waals surface area contributed by atoms with Crippen LogP contribution in [-0.4, -0.2) is 22.2 Å². The predicted molar refractivity (Wildman–Crippen MR) is 61.7 cm³/mol. The van der Waals surface area contributed by atoms with Crippen molar-refractivity contribution in [2.75, 3.05) is 0 Å². The van der Waals surface area contributed by atoms with E-state index in [-0.39, 0.29) is 12.8 Å².